The molecule has 1 aliphatic rings. The second kappa shape index (κ2) is 6.45. The fourth-order valence-electron chi connectivity index (χ4n) is 2.74. The maximum absolute atomic E-state index is 10.7. The normalized spacial score (nSPS) is 23.7. The lowest BCUT2D eigenvalue weighted by atomic mass is 9.90. The molecule has 106 valence electrons. The highest BCUT2D eigenvalue weighted by molar-refractivity contribution is 7.13. The molecule has 0 amide bonds. The molecular formula is C13H21N3O2S. The molecule has 0 unspecified atom stereocenters. The van der Waals surface area contributed by atoms with Gasteiger partial charge in [0.1, 0.15) is 0 Å². The lowest BCUT2D eigenvalue weighted by molar-refractivity contribution is -0.380. The Bertz CT molecular complexity index is 427. The summed E-state index contributed by atoms with van der Waals surface area (Å²) in [5.41, 5.74) is 6.99. The Hall–Kier alpha value is -0.980. The fraction of sp³-hybridized carbons (Fsp3) is 0.692. The highest BCUT2D eigenvalue weighted by Gasteiger charge is 2.24. The van der Waals surface area contributed by atoms with Crippen LogP contribution in [0.15, 0.2) is 11.4 Å². The van der Waals surface area contributed by atoms with Crippen LogP contribution in [-0.2, 0) is 6.54 Å². The van der Waals surface area contributed by atoms with Crippen molar-refractivity contribution < 1.29 is 4.92 Å². The van der Waals surface area contributed by atoms with Crippen LogP contribution in [0.25, 0.3) is 0 Å². The van der Waals surface area contributed by atoms with Gasteiger partial charge in [-0.3, -0.25) is 15.0 Å². The van der Waals surface area contributed by atoms with Gasteiger partial charge in [0.05, 0.1) is 4.92 Å². The summed E-state index contributed by atoms with van der Waals surface area (Å²) in [5, 5.41) is 12.8. The van der Waals surface area contributed by atoms with E-state index >= 15 is 0 Å². The van der Waals surface area contributed by atoms with Crippen LogP contribution in [0.1, 0.15) is 38.2 Å². The molecule has 0 saturated heterocycles. The van der Waals surface area contributed by atoms with Gasteiger partial charge in [-0.25, -0.2) is 0 Å². The van der Waals surface area contributed by atoms with Crippen LogP contribution < -0.4 is 5.73 Å². The molecule has 2 rings (SSSR count). The Morgan fingerprint density at radius 2 is 2.16 bits per heavy atom. The van der Waals surface area contributed by atoms with E-state index in [1.807, 2.05) is 5.38 Å². The second-order valence-electron chi connectivity index (χ2n) is 5.18. The topological polar surface area (TPSA) is 72.4 Å². The van der Waals surface area contributed by atoms with E-state index in [4.69, 9.17) is 5.73 Å². The van der Waals surface area contributed by atoms with Crippen molar-refractivity contribution >= 4 is 16.3 Å². The van der Waals surface area contributed by atoms with Gasteiger partial charge < -0.3 is 5.73 Å². The third kappa shape index (κ3) is 3.75. The highest BCUT2D eigenvalue weighted by atomic mass is 32.1. The lowest BCUT2D eigenvalue weighted by Gasteiger charge is -2.35. The summed E-state index contributed by atoms with van der Waals surface area (Å²) in [5.74, 6) is 0. The maximum atomic E-state index is 10.7. The molecule has 1 saturated carbocycles. The first-order valence-corrected chi connectivity index (χ1v) is 7.69. The van der Waals surface area contributed by atoms with Crippen LogP contribution >= 0.6 is 11.3 Å². The van der Waals surface area contributed by atoms with Crippen LogP contribution in [0.4, 0.5) is 5.00 Å². The van der Waals surface area contributed by atoms with Gasteiger partial charge in [-0.05, 0) is 37.8 Å². The van der Waals surface area contributed by atoms with Gasteiger partial charge in [0.15, 0.2) is 0 Å². The lowest BCUT2D eigenvalue weighted by Crippen LogP contribution is -2.40. The molecule has 1 aliphatic carbocycles. The zero-order chi connectivity index (χ0) is 13.8. The van der Waals surface area contributed by atoms with Gasteiger partial charge in [-0.2, -0.15) is 0 Å². The Kier molecular flexibility index (Phi) is 4.90. The van der Waals surface area contributed by atoms with E-state index < -0.39 is 0 Å². The van der Waals surface area contributed by atoms with Gasteiger partial charge in [0.25, 0.3) is 0 Å². The van der Waals surface area contributed by atoms with E-state index in [1.54, 1.807) is 6.07 Å². The second-order valence-corrected chi connectivity index (χ2v) is 6.07. The van der Waals surface area contributed by atoms with Crippen molar-refractivity contribution in [3.63, 3.8) is 0 Å². The van der Waals surface area contributed by atoms with Crippen molar-refractivity contribution in [3.8, 4) is 0 Å². The van der Waals surface area contributed by atoms with Gasteiger partial charge in [0, 0.05) is 30.1 Å². The number of nitrogens with zero attached hydrogens (tertiary/aromatic N) is 2. The SMILES string of the molecule is CCN(Cc1csc([N+](=O)[O-])c1)C1CCC(N)CC1. The number of nitro groups is 1. The Labute approximate surface area is 117 Å². The van der Waals surface area contributed by atoms with Crippen LogP contribution in [0.5, 0.6) is 0 Å². The first-order chi connectivity index (χ1) is 9.10. The summed E-state index contributed by atoms with van der Waals surface area (Å²) in [6.45, 7) is 3.93. The largest absolute Gasteiger partial charge is 0.328 e. The molecule has 1 fully saturated rings. The average molecular weight is 283 g/mol. The third-order valence-electron chi connectivity index (χ3n) is 3.87. The van der Waals surface area contributed by atoms with E-state index in [-0.39, 0.29) is 9.92 Å². The quantitative estimate of drug-likeness (QED) is 0.666. The fourth-order valence-corrected chi connectivity index (χ4v) is 3.46. The number of hydrogen-bond acceptors (Lipinski definition) is 5. The molecule has 0 radical (unpaired) electrons. The average Bonchev–Trinajstić information content (AvgIpc) is 2.86. The summed E-state index contributed by atoms with van der Waals surface area (Å²) < 4.78 is 0. The van der Waals surface area contributed by atoms with Gasteiger partial charge in [0.2, 0.25) is 0 Å². The minimum absolute atomic E-state index is 0.233. The van der Waals surface area contributed by atoms with Crippen LogP contribution in [0, 0.1) is 10.1 Å². The zero-order valence-electron chi connectivity index (χ0n) is 11.2. The molecule has 6 heteroatoms. The van der Waals surface area contributed by atoms with Gasteiger partial charge >= 0.3 is 5.00 Å². The molecule has 2 N–H and O–H groups in total. The molecule has 1 heterocycles. The summed E-state index contributed by atoms with van der Waals surface area (Å²) >= 11 is 1.21. The zero-order valence-corrected chi connectivity index (χ0v) is 12.1. The van der Waals surface area contributed by atoms with E-state index in [0.29, 0.717) is 12.1 Å². The predicted octanol–water partition coefficient (Wildman–Crippen LogP) is 2.75. The molecule has 5 nitrogen and oxygen atoms in total. The summed E-state index contributed by atoms with van der Waals surface area (Å²) in [4.78, 5) is 12.8. The highest BCUT2D eigenvalue weighted by Crippen LogP contribution is 2.27. The smallest absolute Gasteiger partial charge is 0.324 e. The van der Waals surface area contributed by atoms with Crippen molar-refractivity contribution in [2.45, 2.75) is 51.2 Å². The summed E-state index contributed by atoms with van der Waals surface area (Å²) in [6.07, 6.45) is 4.46. The molecule has 1 aromatic heterocycles. The van der Waals surface area contributed by atoms with Crippen molar-refractivity contribution in [1.29, 1.82) is 0 Å². The molecule has 0 bridgehead atoms. The minimum Gasteiger partial charge on any atom is -0.328 e. The molecule has 0 aromatic carbocycles. The number of hydrogen-bond donors (Lipinski definition) is 1. The van der Waals surface area contributed by atoms with Crippen LogP contribution in [0.3, 0.4) is 0 Å². The Morgan fingerprint density at radius 3 is 2.68 bits per heavy atom. The Morgan fingerprint density at radius 1 is 1.47 bits per heavy atom. The first kappa shape index (κ1) is 14.4. The van der Waals surface area contributed by atoms with Crippen molar-refractivity contribution in [2.75, 3.05) is 6.54 Å². The van der Waals surface area contributed by atoms with Crippen LogP contribution in [-0.4, -0.2) is 28.5 Å². The Balaban J connectivity index is 1.96. The van der Waals surface area contributed by atoms with E-state index in [2.05, 4.69) is 11.8 Å². The van der Waals surface area contributed by atoms with Crippen molar-refractivity contribution in [1.82, 2.24) is 4.90 Å². The third-order valence-corrected chi connectivity index (χ3v) is 4.80. The standard InChI is InChI=1S/C13H21N3O2S/c1-2-15(12-5-3-11(14)4-6-12)8-10-7-13(16(17)18)19-9-10/h7,9,11-12H,2-6,8,14H2,1H3. The van der Waals surface area contributed by atoms with Crippen molar-refractivity contribution in [2.24, 2.45) is 5.73 Å². The summed E-state index contributed by atoms with van der Waals surface area (Å²) in [7, 11) is 0. The predicted molar refractivity (Wildman–Crippen MR) is 77.3 cm³/mol. The molecule has 1 aromatic rings. The molecule has 0 spiro atoms. The molecule has 0 atom stereocenters. The van der Waals surface area contributed by atoms with Crippen LogP contribution in [0.2, 0.25) is 0 Å². The van der Waals surface area contributed by atoms with E-state index in [1.165, 1.54) is 11.3 Å². The molecular weight excluding hydrogens is 262 g/mol. The van der Waals surface area contributed by atoms with Crippen molar-refractivity contribution in [3.05, 3.63) is 27.1 Å². The first-order valence-electron chi connectivity index (χ1n) is 6.81. The monoisotopic (exact) mass is 283 g/mol. The summed E-state index contributed by atoms with van der Waals surface area (Å²) in [6, 6.07) is 2.63. The van der Waals surface area contributed by atoms with E-state index in [9.17, 15) is 10.1 Å². The maximum Gasteiger partial charge on any atom is 0.324 e. The minimum atomic E-state index is -0.315. The van der Waals surface area contributed by atoms with E-state index in [0.717, 1.165) is 44.3 Å². The van der Waals surface area contributed by atoms with Gasteiger partial charge in [-0.1, -0.05) is 18.3 Å². The molecule has 19 heavy (non-hydrogen) atoms. The molecule has 0 aliphatic heterocycles. The number of nitrogens with two attached hydrogens (primary N) is 1. The number of thiophene rings is 1. The number of rotatable bonds is 5. The van der Waals surface area contributed by atoms with Gasteiger partial charge in [-0.15, -0.1) is 0 Å².